The number of primary amides is 1. The van der Waals surface area contributed by atoms with Crippen molar-refractivity contribution >= 4 is 23.4 Å². The number of aliphatic hydroxyl groups is 2. The molecule has 1 aliphatic heterocycles. The molecule has 0 spiro atoms. The minimum Gasteiger partial charge on any atom is -0.491 e. The molecular weight excluding hydrogens is 405 g/mol. The molecule has 1 aromatic carbocycles. The maximum absolute atomic E-state index is 14.6. The zero-order valence-electron chi connectivity index (χ0n) is 17.0. The monoisotopic (exact) mass is 431 g/mol. The summed E-state index contributed by atoms with van der Waals surface area (Å²) in [6.45, 7) is 1.77. The van der Waals surface area contributed by atoms with Gasteiger partial charge in [-0.25, -0.2) is 9.37 Å². The molecule has 166 valence electrons. The number of carbonyl (C=O) groups is 1. The van der Waals surface area contributed by atoms with Crippen molar-refractivity contribution in [1.29, 1.82) is 0 Å². The normalized spacial score (nSPS) is 30.2. The Bertz CT molecular complexity index is 961. The molecule has 2 aliphatic rings. The first-order chi connectivity index (χ1) is 14.9. The fourth-order valence-electron chi connectivity index (χ4n) is 4.63. The number of amides is 1. The van der Waals surface area contributed by atoms with E-state index in [1.807, 2.05) is 6.92 Å². The zero-order chi connectivity index (χ0) is 22.1. The molecule has 1 fully saturated rings. The highest BCUT2D eigenvalue weighted by Gasteiger charge is 2.49. The highest BCUT2D eigenvalue weighted by atomic mass is 19.1. The van der Waals surface area contributed by atoms with Gasteiger partial charge in [0.1, 0.15) is 18.5 Å². The average Bonchev–Trinajstić information content (AvgIpc) is 3.12. The summed E-state index contributed by atoms with van der Waals surface area (Å²) < 4.78 is 20.2. The van der Waals surface area contributed by atoms with Gasteiger partial charge in [0.15, 0.2) is 11.6 Å². The summed E-state index contributed by atoms with van der Waals surface area (Å²) in [4.78, 5) is 20.5. The maximum Gasteiger partial charge on any atom is 0.229 e. The molecule has 2 heterocycles. The highest BCUT2D eigenvalue weighted by Crippen LogP contribution is 2.42. The van der Waals surface area contributed by atoms with Crippen LogP contribution in [0.5, 0.6) is 5.75 Å². The molecule has 1 saturated carbocycles. The van der Waals surface area contributed by atoms with Gasteiger partial charge >= 0.3 is 0 Å². The number of aliphatic hydroxyl groups excluding tert-OH is 2. The fourth-order valence-corrected chi connectivity index (χ4v) is 4.63. The van der Waals surface area contributed by atoms with Crippen molar-refractivity contribution in [2.24, 2.45) is 23.5 Å². The Labute approximate surface area is 178 Å². The standard InChI is InChI=1S/C21H26FN5O4/c1-2-10-6-13-17(16(10)19(23)30)26-20-14(22)8-24-21(27-20)25-11-4-3-5-12(7-11)31-9-15(28)18(13)29/h3-5,7-8,10,13,15-18,28-29H,2,6,9H2,1H3,(H2,23,30)(H2,24,25,26,27). The third-order valence-electron chi connectivity index (χ3n) is 6.18. The van der Waals surface area contributed by atoms with Crippen molar-refractivity contribution in [3.05, 3.63) is 36.3 Å². The quantitative estimate of drug-likeness (QED) is 0.480. The molecular formula is C21H26FN5O4. The van der Waals surface area contributed by atoms with E-state index in [1.54, 1.807) is 24.3 Å². The van der Waals surface area contributed by atoms with Crippen molar-refractivity contribution in [3.8, 4) is 5.75 Å². The summed E-state index contributed by atoms with van der Waals surface area (Å²) in [6, 6.07) is 6.17. The lowest BCUT2D eigenvalue weighted by Crippen LogP contribution is -2.47. The number of halogens is 1. The summed E-state index contributed by atoms with van der Waals surface area (Å²) in [5.41, 5.74) is 6.28. The Morgan fingerprint density at radius 1 is 1.39 bits per heavy atom. The van der Waals surface area contributed by atoms with E-state index in [4.69, 9.17) is 10.5 Å². The second-order valence-electron chi connectivity index (χ2n) is 8.08. The molecule has 1 aromatic heterocycles. The second kappa shape index (κ2) is 8.64. The van der Waals surface area contributed by atoms with Crippen LogP contribution in [0.15, 0.2) is 30.5 Å². The van der Waals surface area contributed by atoms with Crippen molar-refractivity contribution in [2.45, 2.75) is 38.0 Å². The fraction of sp³-hybridized carbons (Fsp3) is 0.476. The molecule has 6 atom stereocenters. The Balaban J connectivity index is 1.77. The Morgan fingerprint density at radius 3 is 2.94 bits per heavy atom. The van der Waals surface area contributed by atoms with Crippen LogP contribution in [0.3, 0.4) is 0 Å². The van der Waals surface area contributed by atoms with Crippen LogP contribution in [-0.2, 0) is 4.79 Å². The zero-order valence-corrected chi connectivity index (χ0v) is 17.0. The van der Waals surface area contributed by atoms with E-state index in [9.17, 15) is 19.4 Å². The predicted octanol–water partition coefficient (Wildman–Crippen LogP) is 1.40. The van der Waals surface area contributed by atoms with E-state index < -0.39 is 41.8 Å². The van der Waals surface area contributed by atoms with Crippen LogP contribution < -0.4 is 21.1 Å². The molecule has 0 radical (unpaired) electrons. The molecule has 0 saturated heterocycles. The SMILES string of the molecule is CCC1CC2C(O)C(O)COc3cccc(c3)Nc3ncc(F)c(n3)NC2C1C(N)=O. The summed E-state index contributed by atoms with van der Waals surface area (Å²) in [5, 5.41) is 27.5. The number of carbonyl (C=O) groups excluding carboxylic acids is 1. The third kappa shape index (κ3) is 4.26. The van der Waals surface area contributed by atoms with Crippen molar-refractivity contribution < 1.29 is 24.1 Å². The molecule has 6 N–H and O–H groups in total. The smallest absolute Gasteiger partial charge is 0.229 e. The second-order valence-corrected chi connectivity index (χ2v) is 8.08. The Hall–Kier alpha value is -2.98. The number of hydrogen-bond donors (Lipinski definition) is 5. The van der Waals surface area contributed by atoms with E-state index in [-0.39, 0.29) is 24.3 Å². The lowest BCUT2D eigenvalue weighted by Gasteiger charge is -2.31. The highest BCUT2D eigenvalue weighted by molar-refractivity contribution is 5.79. The van der Waals surface area contributed by atoms with Gasteiger partial charge in [-0.15, -0.1) is 0 Å². The number of fused-ring (bicyclic) bond motifs is 5. The topological polar surface area (TPSA) is 143 Å². The molecule has 1 amide bonds. The number of nitrogens with two attached hydrogens (primary N) is 1. The largest absolute Gasteiger partial charge is 0.491 e. The first-order valence-electron chi connectivity index (χ1n) is 10.3. The first-order valence-corrected chi connectivity index (χ1v) is 10.3. The third-order valence-corrected chi connectivity index (χ3v) is 6.18. The van der Waals surface area contributed by atoms with Crippen LogP contribution in [0.1, 0.15) is 19.8 Å². The Morgan fingerprint density at radius 2 is 2.19 bits per heavy atom. The van der Waals surface area contributed by atoms with Gasteiger partial charge in [0.25, 0.3) is 0 Å². The number of nitrogens with zero attached hydrogens (tertiary/aromatic N) is 2. The number of ether oxygens (including phenoxy) is 1. The molecule has 4 bridgehead atoms. The molecule has 6 unspecified atom stereocenters. The van der Waals surface area contributed by atoms with Crippen LogP contribution in [0.25, 0.3) is 0 Å². The van der Waals surface area contributed by atoms with Crippen LogP contribution in [-0.4, -0.2) is 50.9 Å². The van der Waals surface area contributed by atoms with Gasteiger partial charge < -0.3 is 31.3 Å². The number of nitrogens with one attached hydrogen (secondary N) is 2. The van der Waals surface area contributed by atoms with Crippen LogP contribution in [0.4, 0.5) is 21.8 Å². The molecule has 9 nitrogen and oxygen atoms in total. The maximum atomic E-state index is 14.6. The van der Waals surface area contributed by atoms with E-state index in [2.05, 4.69) is 20.6 Å². The molecule has 2 aromatic rings. The average molecular weight is 431 g/mol. The minimum atomic E-state index is -1.22. The minimum absolute atomic E-state index is 0.110. The summed E-state index contributed by atoms with van der Waals surface area (Å²) in [6.07, 6.45) is -0.330. The molecule has 31 heavy (non-hydrogen) atoms. The molecule has 10 heteroatoms. The Kier molecular flexibility index (Phi) is 5.92. The number of hydrogen-bond acceptors (Lipinski definition) is 8. The van der Waals surface area contributed by atoms with Crippen LogP contribution >= 0.6 is 0 Å². The molecule has 4 rings (SSSR count). The van der Waals surface area contributed by atoms with Crippen molar-refractivity contribution in [2.75, 3.05) is 17.2 Å². The van der Waals surface area contributed by atoms with E-state index in [1.165, 1.54) is 0 Å². The number of rotatable bonds is 2. The number of benzene rings is 1. The van der Waals surface area contributed by atoms with Crippen LogP contribution in [0.2, 0.25) is 0 Å². The number of anilines is 3. The lowest BCUT2D eigenvalue weighted by atomic mass is 9.88. The van der Waals surface area contributed by atoms with Gasteiger partial charge in [-0.1, -0.05) is 19.4 Å². The van der Waals surface area contributed by atoms with E-state index in [0.717, 1.165) is 6.20 Å². The summed E-state index contributed by atoms with van der Waals surface area (Å²) in [7, 11) is 0. The van der Waals surface area contributed by atoms with Crippen molar-refractivity contribution in [3.63, 3.8) is 0 Å². The van der Waals surface area contributed by atoms with Gasteiger partial charge in [-0.05, 0) is 24.5 Å². The van der Waals surface area contributed by atoms with Gasteiger partial charge in [0, 0.05) is 23.7 Å². The predicted molar refractivity (Wildman–Crippen MR) is 111 cm³/mol. The van der Waals surface area contributed by atoms with E-state index in [0.29, 0.717) is 24.3 Å². The van der Waals surface area contributed by atoms with Crippen molar-refractivity contribution in [1.82, 2.24) is 9.97 Å². The van der Waals surface area contributed by atoms with Crippen LogP contribution in [0, 0.1) is 23.6 Å². The van der Waals surface area contributed by atoms with E-state index >= 15 is 0 Å². The summed E-state index contributed by atoms with van der Waals surface area (Å²) in [5.74, 6) is -2.10. The van der Waals surface area contributed by atoms with Gasteiger partial charge in [-0.2, -0.15) is 4.98 Å². The van der Waals surface area contributed by atoms with Gasteiger partial charge in [0.05, 0.1) is 18.2 Å². The van der Waals surface area contributed by atoms with Gasteiger partial charge in [0.2, 0.25) is 11.9 Å². The number of aromatic nitrogens is 2. The molecule has 1 aliphatic carbocycles. The van der Waals surface area contributed by atoms with Gasteiger partial charge in [-0.3, -0.25) is 4.79 Å². The summed E-state index contributed by atoms with van der Waals surface area (Å²) >= 11 is 0. The lowest BCUT2D eigenvalue weighted by molar-refractivity contribution is -0.123. The first kappa shape index (κ1) is 21.3.